The van der Waals surface area contributed by atoms with Crippen molar-refractivity contribution in [1.29, 1.82) is 0 Å². The number of aryl methyl sites for hydroxylation is 4. The number of carbonyl (C=O) groups excluding carboxylic acids is 1. The standard InChI is InChI=1S/C26H29BrN4O/c1-17-5-6-18(2)22(15-17)16-24-19(3)28-20(4)29-25(24)30-11-13-31(14-12-30)26(32)21-7-9-23(27)10-8-21/h5-10,15H,11-14,16H2,1-4H3. The van der Waals surface area contributed by atoms with Crippen molar-refractivity contribution >= 4 is 27.7 Å². The van der Waals surface area contributed by atoms with E-state index in [1.165, 1.54) is 22.3 Å². The Labute approximate surface area is 198 Å². The Kier molecular flexibility index (Phi) is 6.60. The second-order valence-electron chi connectivity index (χ2n) is 8.55. The van der Waals surface area contributed by atoms with Gasteiger partial charge in [0.15, 0.2) is 0 Å². The smallest absolute Gasteiger partial charge is 0.253 e. The van der Waals surface area contributed by atoms with Crippen LogP contribution in [-0.4, -0.2) is 47.0 Å². The molecule has 1 saturated heterocycles. The lowest BCUT2D eigenvalue weighted by Crippen LogP contribution is -2.49. The minimum atomic E-state index is 0.0859. The lowest BCUT2D eigenvalue weighted by atomic mass is 9.97. The zero-order valence-electron chi connectivity index (χ0n) is 19.2. The summed E-state index contributed by atoms with van der Waals surface area (Å²) in [6, 6.07) is 14.2. The van der Waals surface area contributed by atoms with Gasteiger partial charge in [-0.3, -0.25) is 4.79 Å². The van der Waals surface area contributed by atoms with Crippen LogP contribution in [0.2, 0.25) is 0 Å². The van der Waals surface area contributed by atoms with Gasteiger partial charge in [0.05, 0.1) is 0 Å². The third kappa shape index (κ3) is 4.85. The van der Waals surface area contributed by atoms with E-state index in [0.29, 0.717) is 13.1 Å². The molecule has 0 saturated carbocycles. The molecule has 32 heavy (non-hydrogen) atoms. The molecule has 0 aliphatic carbocycles. The molecule has 1 amide bonds. The van der Waals surface area contributed by atoms with Gasteiger partial charge in [-0.15, -0.1) is 0 Å². The van der Waals surface area contributed by atoms with Gasteiger partial charge in [-0.1, -0.05) is 39.7 Å². The summed E-state index contributed by atoms with van der Waals surface area (Å²) in [6.45, 7) is 11.2. The monoisotopic (exact) mass is 492 g/mol. The topological polar surface area (TPSA) is 49.3 Å². The fourth-order valence-electron chi connectivity index (χ4n) is 4.26. The van der Waals surface area contributed by atoms with Gasteiger partial charge in [-0.25, -0.2) is 9.97 Å². The number of hydrogen-bond acceptors (Lipinski definition) is 4. The number of benzene rings is 2. The third-order valence-electron chi connectivity index (χ3n) is 6.13. The van der Waals surface area contributed by atoms with E-state index in [4.69, 9.17) is 4.98 Å². The molecule has 4 rings (SSSR count). The molecular formula is C26H29BrN4O. The molecule has 0 radical (unpaired) electrons. The average Bonchev–Trinajstić information content (AvgIpc) is 2.78. The van der Waals surface area contributed by atoms with Crippen LogP contribution in [0.1, 0.15) is 44.1 Å². The predicted octanol–water partition coefficient (Wildman–Crippen LogP) is 5.03. The third-order valence-corrected chi connectivity index (χ3v) is 6.66. The summed E-state index contributed by atoms with van der Waals surface area (Å²) in [6.07, 6.45) is 0.812. The van der Waals surface area contributed by atoms with E-state index in [-0.39, 0.29) is 5.91 Å². The molecule has 166 valence electrons. The summed E-state index contributed by atoms with van der Waals surface area (Å²) >= 11 is 3.43. The Morgan fingerprint density at radius 1 is 0.938 bits per heavy atom. The fraction of sp³-hybridized carbons (Fsp3) is 0.346. The molecule has 0 unspecified atom stereocenters. The first-order valence-electron chi connectivity index (χ1n) is 11.0. The van der Waals surface area contributed by atoms with Crippen LogP contribution in [-0.2, 0) is 6.42 Å². The average molecular weight is 493 g/mol. The van der Waals surface area contributed by atoms with Crippen LogP contribution in [0, 0.1) is 27.7 Å². The first kappa shape index (κ1) is 22.5. The van der Waals surface area contributed by atoms with Crippen molar-refractivity contribution in [2.45, 2.75) is 34.1 Å². The Morgan fingerprint density at radius 2 is 1.62 bits per heavy atom. The molecule has 5 nitrogen and oxygen atoms in total. The highest BCUT2D eigenvalue weighted by atomic mass is 79.9. The maximum Gasteiger partial charge on any atom is 0.253 e. The summed E-state index contributed by atoms with van der Waals surface area (Å²) in [7, 11) is 0. The zero-order valence-corrected chi connectivity index (χ0v) is 20.7. The van der Waals surface area contributed by atoms with Crippen molar-refractivity contribution in [1.82, 2.24) is 14.9 Å². The largest absolute Gasteiger partial charge is 0.353 e. The van der Waals surface area contributed by atoms with Gasteiger partial charge >= 0.3 is 0 Å². The maximum atomic E-state index is 12.9. The molecule has 2 heterocycles. The highest BCUT2D eigenvalue weighted by molar-refractivity contribution is 9.10. The Balaban J connectivity index is 1.55. The first-order chi connectivity index (χ1) is 15.3. The zero-order chi connectivity index (χ0) is 22.8. The minimum Gasteiger partial charge on any atom is -0.353 e. The molecule has 0 spiro atoms. The Hall–Kier alpha value is -2.73. The van der Waals surface area contributed by atoms with Crippen LogP contribution in [0.4, 0.5) is 5.82 Å². The van der Waals surface area contributed by atoms with E-state index >= 15 is 0 Å². The van der Waals surface area contributed by atoms with E-state index in [9.17, 15) is 4.79 Å². The van der Waals surface area contributed by atoms with Crippen LogP contribution < -0.4 is 4.90 Å². The van der Waals surface area contributed by atoms with Crippen LogP contribution in [0.25, 0.3) is 0 Å². The highest BCUT2D eigenvalue weighted by Gasteiger charge is 2.25. The normalized spacial score (nSPS) is 14.0. The second kappa shape index (κ2) is 9.41. The SMILES string of the molecule is Cc1ccc(C)c(Cc2c(C)nc(C)nc2N2CCN(C(=O)c3ccc(Br)cc3)CC2)c1. The molecule has 1 fully saturated rings. The molecule has 3 aromatic rings. The van der Waals surface area contributed by atoms with E-state index in [2.05, 4.69) is 64.8 Å². The van der Waals surface area contributed by atoms with Crippen LogP contribution in [0.3, 0.4) is 0 Å². The van der Waals surface area contributed by atoms with E-state index < -0.39 is 0 Å². The lowest BCUT2D eigenvalue weighted by Gasteiger charge is -2.36. The molecular weight excluding hydrogens is 464 g/mol. The number of anilines is 1. The van der Waals surface area contributed by atoms with Gasteiger partial charge in [-0.05, 0) is 63.1 Å². The molecule has 6 heteroatoms. The summed E-state index contributed by atoms with van der Waals surface area (Å²) in [5.41, 5.74) is 6.79. The summed E-state index contributed by atoms with van der Waals surface area (Å²) in [4.78, 5) is 26.7. The van der Waals surface area contributed by atoms with Gasteiger partial charge in [0.2, 0.25) is 0 Å². The number of piperazine rings is 1. The molecule has 1 aliphatic rings. The van der Waals surface area contributed by atoms with Crippen molar-refractivity contribution in [3.8, 4) is 0 Å². The summed E-state index contributed by atoms with van der Waals surface area (Å²) < 4.78 is 0.977. The van der Waals surface area contributed by atoms with Crippen molar-refractivity contribution < 1.29 is 4.79 Å². The maximum absolute atomic E-state index is 12.9. The van der Waals surface area contributed by atoms with E-state index in [0.717, 1.165) is 46.9 Å². The second-order valence-corrected chi connectivity index (χ2v) is 9.47. The Bertz CT molecular complexity index is 1140. The van der Waals surface area contributed by atoms with Crippen molar-refractivity contribution in [2.24, 2.45) is 0 Å². The Morgan fingerprint density at radius 3 is 2.31 bits per heavy atom. The van der Waals surface area contributed by atoms with Crippen molar-refractivity contribution in [3.05, 3.63) is 86.3 Å². The summed E-state index contributed by atoms with van der Waals surface area (Å²) in [5.74, 6) is 1.88. The van der Waals surface area contributed by atoms with E-state index in [1.807, 2.05) is 36.1 Å². The molecule has 1 aromatic heterocycles. The lowest BCUT2D eigenvalue weighted by molar-refractivity contribution is 0.0746. The first-order valence-corrected chi connectivity index (χ1v) is 11.8. The number of aromatic nitrogens is 2. The van der Waals surface area contributed by atoms with Crippen molar-refractivity contribution in [2.75, 3.05) is 31.1 Å². The van der Waals surface area contributed by atoms with Crippen molar-refractivity contribution in [3.63, 3.8) is 0 Å². The van der Waals surface area contributed by atoms with Gasteiger partial charge in [0.25, 0.3) is 5.91 Å². The number of nitrogens with zero attached hydrogens (tertiary/aromatic N) is 4. The number of rotatable bonds is 4. The molecule has 2 aromatic carbocycles. The quantitative estimate of drug-likeness (QED) is 0.512. The minimum absolute atomic E-state index is 0.0859. The molecule has 0 N–H and O–H groups in total. The molecule has 1 aliphatic heterocycles. The van der Waals surface area contributed by atoms with Gasteiger partial charge in [-0.2, -0.15) is 0 Å². The summed E-state index contributed by atoms with van der Waals surface area (Å²) in [5, 5.41) is 0. The van der Waals surface area contributed by atoms with Crippen LogP contribution in [0.15, 0.2) is 46.9 Å². The van der Waals surface area contributed by atoms with Crippen LogP contribution >= 0.6 is 15.9 Å². The number of carbonyl (C=O) groups is 1. The predicted molar refractivity (Wildman–Crippen MR) is 132 cm³/mol. The number of hydrogen-bond donors (Lipinski definition) is 0. The fourth-order valence-corrected chi connectivity index (χ4v) is 4.53. The van der Waals surface area contributed by atoms with Crippen LogP contribution in [0.5, 0.6) is 0 Å². The van der Waals surface area contributed by atoms with E-state index in [1.54, 1.807) is 0 Å². The molecule has 0 bridgehead atoms. The van der Waals surface area contributed by atoms with Gasteiger partial charge in [0.1, 0.15) is 11.6 Å². The number of amides is 1. The highest BCUT2D eigenvalue weighted by Crippen LogP contribution is 2.27. The number of halogens is 1. The van der Waals surface area contributed by atoms with Gasteiger partial charge < -0.3 is 9.80 Å². The van der Waals surface area contributed by atoms with Gasteiger partial charge in [0, 0.05) is 53.9 Å². The molecule has 0 atom stereocenters.